The van der Waals surface area contributed by atoms with E-state index >= 15 is 0 Å². The summed E-state index contributed by atoms with van der Waals surface area (Å²) in [6.07, 6.45) is 1.39. The van der Waals surface area contributed by atoms with Crippen molar-refractivity contribution in [2.24, 2.45) is 5.92 Å². The highest BCUT2D eigenvalue weighted by molar-refractivity contribution is 14.1. The Morgan fingerprint density at radius 1 is 1.16 bits per heavy atom. The smallest absolute Gasteiger partial charge is 0.305 e. The lowest BCUT2D eigenvalue weighted by Crippen LogP contribution is -2.48. The Labute approximate surface area is 267 Å². The molecule has 11 heteroatoms. The highest BCUT2D eigenvalue weighted by Crippen LogP contribution is 2.59. The molecule has 2 N–H and O–H groups in total. The van der Waals surface area contributed by atoms with Gasteiger partial charge in [0, 0.05) is 40.1 Å². The van der Waals surface area contributed by atoms with Gasteiger partial charge in [-0.2, -0.15) is 0 Å². The number of esters is 1. The minimum absolute atomic E-state index is 0.0120. The van der Waals surface area contributed by atoms with Crippen molar-refractivity contribution in [3.63, 3.8) is 0 Å². The van der Waals surface area contributed by atoms with Crippen molar-refractivity contribution in [3.8, 4) is 0 Å². The molecule has 0 bridgehead atoms. The molecule has 2 aromatic rings. The van der Waals surface area contributed by atoms with Crippen LogP contribution in [0.15, 0.2) is 42.5 Å². The van der Waals surface area contributed by atoms with Crippen LogP contribution >= 0.6 is 22.6 Å². The van der Waals surface area contributed by atoms with Gasteiger partial charge in [0.25, 0.3) is 5.91 Å². The van der Waals surface area contributed by atoms with Crippen LogP contribution in [0, 0.1) is 9.49 Å². The zero-order chi connectivity index (χ0) is 31.1. The SMILES string of the molecule is COC(=O)CCCCN1C(=O)[C@]2(O[C@H](CC(=O)N3Cc4ccccc4C[C@H]3CO)[C@@H]([Si](C)(C)O)[C@@H]2C)c2cc(I)ccc21. The molecule has 0 aromatic heterocycles. The zero-order valence-corrected chi connectivity index (χ0v) is 28.4. The standard InChI is InChI=1S/C32H41IN2O7Si/c1-20-30(43(3,4)40)27(17-28(37)35-18-22-10-6-5-9-21(22)15-24(35)19-36)42-32(20)25-16-23(33)12-13-26(25)34(31(32)39)14-8-7-11-29(38)41-2/h5-6,9-10,12-13,16,20,24,27,30,36,40H,7-8,11,14-15,17-19H2,1-4H3/t20-,24-,27+,30-,32+/m0/s1. The van der Waals surface area contributed by atoms with Gasteiger partial charge in [-0.25, -0.2) is 0 Å². The molecule has 5 rings (SSSR count). The van der Waals surface area contributed by atoms with E-state index in [0.717, 1.165) is 25.9 Å². The Kier molecular flexibility index (Phi) is 9.39. The van der Waals surface area contributed by atoms with Crippen molar-refractivity contribution >= 4 is 54.4 Å². The molecule has 3 heterocycles. The summed E-state index contributed by atoms with van der Waals surface area (Å²) in [6.45, 7) is 6.34. The second kappa shape index (κ2) is 12.6. The monoisotopic (exact) mass is 720 g/mol. The molecule has 5 atom stereocenters. The van der Waals surface area contributed by atoms with Crippen LogP contribution in [-0.2, 0) is 42.4 Å². The number of fused-ring (bicyclic) bond motifs is 3. The van der Waals surface area contributed by atoms with Gasteiger partial charge in [-0.05, 0) is 84.3 Å². The molecule has 0 saturated carbocycles. The van der Waals surface area contributed by atoms with Gasteiger partial charge < -0.3 is 29.2 Å². The first-order valence-electron chi connectivity index (χ1n) is 15.0. The minimum atomic E-state index is -2.95. The number of unbranched alkanes of at least 4 members (excludes halogenated alkanes) is 1. The van der Waals surface area contributed by atoms with Gasteiger partial charge in [0.05, 0.1) is 38.0 Å². The van der Waals surface area contributed by atoms with Crippen molar-refractivity contribution in [2.75, 3.05) is 25.2 Å². The Morgan fingerprint density at radius 2 is 1.88 bits per heavy atom. The first kappa shape index (κ1) is 32.1. The fraction of sp³-hybridized carbons (Fsp3) is 0.531. The lowest BCUT2D eigenvalue weighted by molar-refractivity contribution is -0.151. The molecule has 0 aliphatic carbocycles. The maximum atomic E-state index is 14.4. The number of rotatable bonds is 9. The molecule has 1 fully saturated rings. The van der Waals surface area contributed by atoms with Gasteiger partial charge in [0.1, 0.15) is 0 Å². The first-order valence-corrected chi connectivity index (χ1v) is 19.1. The molecule has 43 heavy (non-hydrogen) atoms. The van der Waals surface area contributed by atoms with Gasteiger partial charge in [-0.15, -0.1) is 0 Å². The predicted molar refractivity (Wildman–Crippen MR) is 173 cm³/mol. The zero-order valence-electron chi connectivity index (χ0n) is 25.2. The number of ether oxygens (including phenoxy) is 2. The Morgan fingerprint density at radius 3 is 2.56 bits per heavy atom. The van der Waals surface area contributed by atoms with Gasteiger partial charge in [0.2, 0.25) is 5.91 Å². The van der Waals surface area contributed by atoms with Gasteiger partial charge in [-0.1, -0.05) is 31.2 Å². The summed E-state index contributed by atoms with van der Waals surface area (Å²) in [5.74, 6) is -0.998. The number of aliphatic hydroxyl groups is 1. The van der Waals surface area contributed by atoms with Crippen molar-refractivity contribution in [1.82, 2.24) is 4.90 Å². The molecule has 3 aliphatic rings. The number of methoxy groups -OCH3 is 1. The summed E-state index contributed by atoms with van der Waals surface area (Å²) in [6, 6.07) is 13.5. The topological polar surface area (TPSA) is 117 Å². The van der Waals surface area contributed by atoms with Crippen LogP contribution in [0.3, 0.4) is 0 Å². The molecule has 1 saturated heterocycles. The second-order valence-electron chi connectivity index (χ2n) is 12.5. The van der Waals surface area contributed by atoms with Crippen molar-refractivity contribution in [1.29, 1.82) is 0 Å². The van der Waals surface area contributed by atoms with Crippen LogP contribution < -0.4 is 4.90 Å². The lowest BCUT2D eigenvalue weighted by Gasteiger charge is -2.37. The third-order valence-corrected chi connectivity index (χ3v) is 12.6. The Hall–Kier alpha value is -2.32. The van der Waals surface area contributed by atoms with Crippen molar-refractivity contribution in [3.05, 3.63) is 62.7 Å². The summed E-state index contributed by atoms with van der Waals surface area (Å²) in [5.41, 5.74) is 2.02. The average Bonchev–Trinajstić information content (AvgIpc) is 3.40. The molecular weight excluding hydrogens is 679 g/mol. The summed E-state index contributed by atoms with van der Waals surface area (Å²) in [4.78, 5) is 55.1. The van der Waals surface area contributed by atoms with Gasteiger partial charge in [-0.3, -0.25) is 14.4 Å². The van der Waals surface area contributed by atoms with Crippen LogP contribution in [0.1, 0.15) is 49.3 Å². The molecule has 9 nitrogen and oxygen atoms in total. The quantitative estimate of drug-likeness (QED) is 0.174. The third-order valence-electron chi connectivity index (χ3n) is 9.45. The van der Waals surface area contributed by atoms with E-state index in [-0.39, 0.29) is 54.7 Å². The molecule has 0 unspecified atom stereocenters. The number of hydrogen-bond donors (Lipinski definition) is 2. The number of nitrogens with zero attached hydrogens (tertiary/aromatic N) is 2. The minimum Gasteiger partial charge on any atom is -0.469 e. The van der Waals surface area contributed by atoms with E-state index in [1.165, 1.54) is 7.11 Å². The maximum absolute atomic E-state index is 14.4. The number of hydrogen-bond acceptors (Lipinski definition) is 7. The second-order valence-corrected chi connectivity index (χ2v) is 17.8. The average molecular weight is 721 g/mol. The molecule has 2 amide bonds. The van der Waals surface area contributed by atoms with Gasteiger partial charge >= 0.3 is 5.97 Å². The summed E-state index contributed by atoms with van der Waals surface area (Å²) < 4.78 is 12.6. The van der Waals surface area contributed by atoms with E-state index in [1.54, 1.807) is 9.80 Å². The highest BCUT2D eigenvalue weighted by Gasteiger charge is 2.66. The van der Waals surface area contributed by atoms with Crippen LogP contribution in [0.25, 0.3) is 0 Å². The fourth-order valence-corrected chi connectivity index (χ4v) is 10.5. The summed E-state index contributed by atoms with van der Waals surface area (Å²) in [5, 5.41) is 10.2. The normalized spacial score (nSPS) is 26.5. The molecule has 0 radical (unpaired) electrons. The van der Waals surface area contributed by atoms with E-state index in [2.05, 4.69) is 22.6 Å². The summed E-state index contributed by atoms with van der Waals surface area (Å²) >= 11 is 2.23. The number of amides is 2. The van der Waals surface area contributed by atoms with Crippen LogP contribution in [-0.4, -0.2) is 73.3 Å². The van der Waals surface area contributed by atoms with E-state index in [4.69, 9.17) is 9.47 Å². The summed E-state index contributed by atoms with van der Waals surface area (Å²) in [7, 11) is -1.58. The maximum Gasteiger partial charge on any atom is 0.305 e. The number of anilines is 1. The molecule has 2 aromatic carbocycles. The molecular formula is C32H41IN2O7Si. The Balaban J connectivity index is 1.45. The molecule has 232 valence electrons. The molecule has 1 spiro atoms. The van der Waals surface area contributed by atoms with Crippen LogP contribution in [0.4, 0.5) is 5.69 Å². The van der Waals surface area contributed by atoms with E-state index in [0.29, 0.717) is 32.4 Å². The van der Waals surface area contributed by atoms with Crippen molar-refractivity contribution in [2.45, 2.75) is 82.0 Å². The lowest BCUT2D eigenvalue weighted by atomic mass is 9.82. The van der Waals surface area contributed by atoms with Crippen molar-refractivity contribution < 1.29 is 33.8 Å². The number of aliphatic hydroxyl groups excluding tert-OH is 1. The van der Waals surface area contributed by atoms with E-state index in [1.807, 2.05) is 62.5 Å². The first-order chi connectivity index (χ1) is 20.4. The molecule has 3 aliphatic heterocycles. The Bertz CT molecular complexity index is 1400. The number of halogens is 1. The van der Waals surface area contributed by atoms with Crippen LogP contribution in [0.2, 0.25) is 18.6 Å². The fourth-order valence-electron chi connectivity index (χ4n) is 7.44. The van der Waals surface area contributed by atoms with Crippen LogP contribution in [0.5, 0.6) is 0 Å². The largest absolute Gasteiger partial charge is 0.469 e. The van der Waals surface area contributed by atoms with Gasteiger partial charge in [0.15, 0.2) is 13.9 Å². The number of carbonyl (C=O) groups is 3. The van der Waals surface area contributed by atoms with E-state index < -0.39 is 20.0 Å². The number of benzene rings is 2. The third kappa shape index (κ3) is 5.90. The predicted octanol–water partition coefficient (Wildman–Crippen LogP) is 4.11. The number of carbonyl (C=O) groups excluding carboxylic acids is 3. The van der Waals surface area contributed by atoms with E-state index in [9.17, 15) is 24.3 Å². The highest BCUT2D eigenvalue weighted by atomic mass is 127.